The van der Waals surface area contributed by atoms with Gasteiger partial charge < -0.3 is 5.11 Å². The molecule has 0 radical (unpaired) electrons. The smallest absolute Gasteiger partial charge is 0.336 e. The van der Waals surface area contributed by atoms with Crippen LogP contribution in [0.15, 0.2) is 12.1 Å². The van der Waals surface area contributed by atoms with Gasteiger partial charge in [0.05, 0.1) is 5.56 Å². The summed E-state index contributed by atoms with van der Waals surface area (Å²) < 4.78 is 0. The summed E-state index contributed by atoms with van der Waals surface area (Å²) in [6, 6.07) is 3.98. The Hall–Kier alpha value is -1.31. The summed E-state index contributed by atoms with van der Waals surface area (Å²) >= 11 is 0. The van der Waals surface area contributed by atoms with Gasteiger partial charge in [0.1, 0.15) is 0 Å². The molecule has 2 nitrogen and oxygen atoms in total. The van der Waals surface area contributed by atoms with Crippen LogP contribution < -0.4 is 0 Å². The number of carboxylic acids is 1. The fraction of sp³-hybridized carbons (Fsp3) is 0.562. The van der Waals surface area contributed by atoms with Crippen LogP contribution in [-0.2, 0) is 10.8 Å². The Bertz CT molecular complexity index is 510. The van der Waals surface area contributed by atoms with Crippen molar-refractivity contribution in [1.82, 2.24) is 0 Å². The number of benzene rings is 1. The molecule has 0 aromatic heterocycles. The molecule has 1 N–H and O–H groups in total. The number of hydrogen-bond donors (Lipinski definition) is 1. The van der Waals surface area contributed by atoms with Gasteiger partial charge in [-0.15, -0.1) is 0 Å². The maximum Gasteiger partial charge on any atom is 0.336 e. The molecular weight excluding hydrogens is 224 g/mol. The van der Waals surface area contributed by atoms with Crippen LogP contribution in [0.2, 0.25) is 0 Å². The Balaban J connectivity index is 2.82. The molecule has 0 saturated carbocycles. The van der Waals surface area contributed by atoms with E-state index >= 15 is 0 Å². The van der Waals surface area contributed by atoms with Gasteiger partial charge in [0, 0.05) is 0 Å². The maximum absolute atomic E-state index is 11.5. The number of fused-ring (bicyclic) bond motifs is 1. The van der Waals surface area contributed by atoms with E-state index in [0.29, 0.717) is 5.56 Å². The van der Waals surface area contributed by atoms with E-state index in [1.54, 1.807) is 0 Å². The van der Waals surface area contributed by atoms with Crippen LogP contribution in [0.4, 0.5) is 0 Å². The SMILES string of the molecule is Cc1cc(C(=O)O)c2c(c1)C(C)(C)CCC2(C)C. The molecule has 0 bridgehead atoms. The second-order valence-electron chi connectivity index (χ2n) is 6.81. The number of carbonyl (C=O) groups is 1. The van der Waals surface area contributed by atoms with E-state index in [-0.39, 0.29) is 10.8 Å². The zero-order chi connectivity index (χ0) is 13.7. The highest BCUT2D eigenvalue weighted by atomic mass is 16.4. The van der Waals surface area contributed by atoms with Gasteiger partial charge in [-0.05, 0) is 53.4 Å². The van der Waals surface area contributed by atoms with Crippen molar-refractivity contribution in [3.8, 4) is 0 Å². The molecule has 0 saturated heterocycles. The van der Waals surface area contributed by atoms with Gasteiger partial charge in [-0.2, -0.15) is 0 Å². The molecule has 1 aromatic rings. The topological polar surface area (TPSA) is 37.3 Å². The summed E-state index contributed by atoms with van der Waals surface area (Å²) in [5.41, 5.74) is 3.81. The molecule has 2 rings (SSSR count). The highest BCUT2D eigenvalue weighted by Gasteiger charge is 2.39. The third-order valence-electron chi connectivity index (χ3n) is 4.29. The quantitative estimate of drug-likeness (QED) is 0.812. The van der Waals surface area contributed by atoms with Crippen LogP contribution in [0, 0.1) is 6.92 Å². The van der Waals surface area contributed by atoms with Crippen LogP contribution in [0.3, 0.4) is 0 Å². The lowest BCUT2D eigenvalue weighted by atomic mass is 9.61. The molecule has 0 aliphatic heterocycles. The standard InChI is InChI=1S/C16H22O2/c1-10-8-11(14(17)18)13-12(9-10)15(2,3)6-7-16(13,4)5/h8-9H,6-7H2,1-5H3,(H,17,18). The lowest BCUT2D eigenvalue weighted by molar-refractivity contribution is 0.0692. The molecule has 1 aromatic carbocycles. The van der Waals surface area contributed by atoms with Gasteiger partial charge in [0.25, 0.3) is 0 Å². The summed E-state index contributed by atoms with van der Waals surface area (Å²) in [6.45, 7) is 10.7. The average Bonchev–Trinajstić information content (AvgIpc) is 2.23. The molecule has 1 aliphatic rings. The molecule has 0 atom stereocenters. The largest absolute Gasteiger partial charge is 0.478 e. The van der Waals surface area contributed by atoms with Crippen molar-refractivity contribution in [2.24, 2.45) is 0 Å². The molecule has 0 spiro atoms. The summed E-state index contributed by atoms with van der Waals surface area (Å²) in [7, 11) is 0. The van der Waals surface area contributed by atoms with Crippen molar-refractivity contribution in [1.29, 1.82) is 0 Å². The van der Waals surface area contributed by atoms with Crippen LogP contribution in [0.5, 0.6) is 0 Å². The lowest BCUT2D eigenvalue weighted by Gasteiger charge is -2.42. The summed E-state index contributed by atoms with van der Waals surface area (Å²) in [5.74, 6) is -0.805. The van der Waals surface area contributed by atoms with Crippen LogP contribution in [0.25, 0.3) is 0 Å². The van der Waals surface area contributed by atoms with Gasteiger partial charge in [0.15, 0.2) is 0 Å². The van der Waals surface area contributed by atoms with Crippen LogP contribution in [-0.4, -0.2) is 11.1 Å². The van der Waals surface area contributed by atoms with Crippen molar-refractivity contribution >= 4 is 5.97 Å². The first-order chi connectivity index (χ1) is 8.15. The van der Waals surface area contributed by atoms with Crippen molar-refractivity contribution in [3.63, 3.8) is 0 Å². The first-order valence-corrected chi connectivity index (χ1v) is 6.54. The van der Waals surface area contributed by atoms with Crippen molar-refractivity contribution in [2.75, 3.05) is 0 Å². The zero-order valence-corrected chi connectivity index (χ0v) is 11.9. The molecule has 2 heteroatoms. The molecular formula is C16H22O2. The van der Waals surface area contributed by atoms with E-state index < -0.39 is 5.97 Å². The highest BCUT2D eigenvalue weighted by Crippen LogP contribution is 2.47. The predicted octanol–water partition coefficient (Wildman–Crippen LogP) is 4.04. The molecule has 98 valence electrons. The predicted molar refractivity (Wildman–Crippen MR) is 73.4 cm³/mol. The van der Waals surface area contributed by atoms with Crippen molar-refractivity contribution in [2.45, 2.75) is 58.3 Å². The van der Waals surface area contributed by atoms with Gasteiger partial charge in [-0.25, -0.2) is 4.79 Å². The number of carboxylic acid groups (broad SMARTS) is 1. The van der Waals surface area contributed by atoms with E-state index in [2.05, 4.69) is 33.8 Å². The van der Waals surface area contributed by atoms with Gasteiger partial charge in [-0.1, -0.05) is 33.8 Å². The van der Waals surface area contributed by atoms with Gasteiger partial charge in [-0.3, -0.25) is 0 Å². The average molecular weight is 246 g/mol. The molecule has 0 fully saturated rings. The Labute approximate surface area is 109 Å². The summed E-state index contributed by atoms with van der Waals surface area (Å²) in [5, 5.41) is 9.47. The fourth-order valence-corrected chi connectivity index (χ4v) is 3.10. The second-order valence-corrected chi connectivity index (χ2v) is 6.81. The van der Waals surface area contributed by atoms with E-state index in [4.69, 9.17) is 0 Å². The number of aryl methyl sites for hydroxylation is 1. The minimum atomic E-state index is -0.805. The Morgan fingerprint density at radius 3 is 2.22 bits per heavy atom. The maximum atomic E-state index is 11.5. The van der Waals surface area contributed by atoms with Crippen molar-refractivity contribution < 1.29 is 9.90 Å². The molecule has 18 heavy (non-hydrogen) atoms. The van der Waals surface area contributed by atoms with E-state index in [1.165, 1.54) is 5.56 Å². The molecule has 1 aliphatic carbocycles. The number of rotatable bonds is 1. The number of hydrogen-bond acceptors (Lipinski definition) is 1. The molecule has 0 heterocycles. The first kappa shape index (κ1) is 13.1. The monoisotopic (exact) mass is 246 g/mol. The minimum absolute atomic E-state index is 0.0493. The Morgan fingerprint density at radius 2 is 1.67 bits per heavy atom. The summed E-state index contributed by atoms with van der Waals surface area (Å²) in [6.07, 6.45) is 2.14. The van der Waals surface area contributed by atoms with Crippen molar-refractivity contribution in [3.05, 3.63) is 34.4 Å². The van der Waals surface area contributed by atoms with Gasteiger partial charge >= 0.3 is 5.97 Å². The van der Waals surface area contributed by atoms with E-state index in [9.17, 15) is 9.90 Å². The normalized spacial score (nSPS) is 20.3. The minimum Gasteiger partial charge on any atom is -0.478 e. The third kappa shape index (κ3) is 1.94. The Morgan fingerprint density at radius 1 is 1.11 bits per heavy atom. The lowest BCUT2D eigenvalue weighted by Crippen LogP contribution is -2.35. The number of aromatic carboxylic acids is 1. The van der Waals surface area contributed by atoms with E-state index in [1.807, 2.05) is 13.0 Å². The van der Waals surface area contributed by atoms with Gasteiger partial charge in [0.2, 0.25) is 0 Å². The zero-order valence-electron chi connectivity index (χ0n) is 11.9. The molecule has 0 amide bonds. The Kier molecular flexibility index (Phi) is 2.80. The molecule has 0 unspecified atom stereocenters. The van der Waals surface area contributed by atoms with E-state index in [0.717, 1.165) is 24.0 Å². The fourth-order valence-electron chi connectivity index (χ4n) is 3.10. The van der Waals surface area contributed by atoms with Crippen LogP contribution in [0.1, 0.15) is 67.6 Å². The third-order valence-corrected chi connectivity index (χ3v) is 4.29. The second kappa shape index (κ2) is 3.84. The highest BCUT2D eigenvalue weighted by molar-refractivity contribution is 5.91. The summed E-state index contributed by atoms with van der Waals surface area (Å²) in [4.78, 5) is 11.5. The van der Waals surface area contributed by atoms with Crippen LogP contribution >= 0.6 is 0 Å². The first-order valence-electron chi connectivity index (χ1n) is 6.54.